The molecule has 7 heteroatoms. The van der Waals surface area contributed by atoms with Crippen molar-refractivity contribution >= 4 is 22.1 Å². The van der Waals surface area contributed by atoms with Crippen molar-refractivity contribution in [2.24, 2.45) is 0 Å². The van der Waals surface area contributed by atoms with Gasteiger partial charge in [-0.2, -0.15) is 8.42 Å². The van der Waals surface area contributed by atoms with Crippen molar-refractivity contribution in [1.82, 2.24) is 9.47 Å². The molecule has 3 heterocycles. The van der Waals surface area contributed by atoms with Crippen molar-refractivity contribution < 1.29 is 17.8 Å². The number of fused-ring (bicyclic) bond motifs is 2. The van der Waals surface area contributed by atoms with Gasteiger partial charge in [-0.15, -0.1) is 0 Å². The maximum absolute atomic E-state index is 12.4. The van der Waals surface area contributed by atoms with E-state index in [0.29, 0.717) is 11.3 Å². The summed E-state index contributed by atoms with van der Waals surface area (Å²) in [5, 5.41) is 0. The molecule has 3 rings (SSSR count). The number of allylic oxidation sites excluding steroid dienone is 1. The normalized spacial score (nSPS) is 17.8. The van der Waals surface area contributed by atoms with Crippen LogP contribution in [0.15, 0.2) is 21.7 Å². The van der Waals surface area contributed by atoms with E-state index in [4.69, 9.17) is 0 Å². The molecule has 0 spiro atoms. The van der Waals surface area contributed by atoms with Gasteiger partial charge < -0.3 is 4.57 Å². The van der Waals surface area contributed by atoms with Crippen LogP contribution in [-0.4, -0.2) is 28.3 Å². The highest BCUT2D eigenvalue weighted by atomic mass is 32.2. The van der Waals surface area contributed by atoms with Crippen molar-refractivity contribution in [3.8, 4) is 0 Å². The molecule has 1 aromatic heterocycles. The molecular formula is C15H18N2O4S. The number of aromatic nitrogens is 1. The number of hydrogen-bond acceptors (Lipinski definition) is 3. The van der Waals surface area contributed by atoms with Gasteiger partial charge in [-0.25, -0.2) is 0 Å². The Balaban J connectivity index is 2.27. The third-order valence-electron chi connectivity index (χ3n) is 4.54. The molecule has 0 fully saturated rings. The molecule has 0 saturated carbocycles. The summed E-state index contributed by atoms with van der Waals surface area (Å²) < 4.78 is 34.4. The Hall–Kier alpha value is -1.86. The minimum absolute atomic E-state index is 0.0482. The highest BCUT2D eigenvalue weighted by molar-refractivity contribution is 7.86. The van der Waals surface area contributed by atoms with E-state index < -0.39 is 10.1 Å². The lowest BCUT2D eigenvalue weighted by Gasteiger charge is -2.27. The third-order valence-corrected chi connectivity index (χ3v) is 5.65. The van der Waals surface area contributed by atoms with Gasteiger partial charge in [0.05, 0.1) is 5.70 Å². The summed E-state index contributed by atoms with van der Waals surface area (Å²) in [5.41, 5.74) is 4.25. The number of carbonyl (C=O) groups excluding carboxylic acids is 1. The van der Waals surface area contributed by atoms with Crippen LogP contribution in [0, 0.1) is 13.8 Å². The monoisotopic (exact) mass is 322 g/mol. The summed E-state index contributed by atoms with van der Waals surface area (Å²) >= 11 is 0. The van der Waals surface area contributed by atoms with Crippen molar-refractivity contribution in [3.63, 3.8) is 0 Å². The fourth-order valence-corrected chi connectivity index (χ4v) is 4.44. The average molecular weight is 322 g/mol. The van der Waals surface area contributed by atoms with Crippen LogP contribution in [0.5, 0.6) is 0 Å². The van der Waals surface area contributed by atoms with E-state index in [2.05, 4.69) is 0 Å². The number of carbonyl (C=O) groups is 1. The quantitative estimate of drug-likeness (QED) is 0.847. The van der Waals surface area contributed by atoms with Gasteiger partial charge in [-0.05, 0) is 44.4 Å². The smallest absolute Gasteiger partial charge is 0.296 e. The summed E-state index contributed by atoms with van der Waals surface area (Å²) in [7, 11) is -4.29. The highest BCUT2D eigenvalue weighted by Gasteiger charge is 2.36. The molecular weight excluding hydrogens is 304 g/mol. The number of amides is 1. The summed E-state index contributed by atoms with van der Waals surface area (Å²) in [6.45, 7) is 7.39. The van der Waals surface area contributed by atoms with E-state index in [1.165, 1.54) is 0 Å². The van der Waals surface area contributed by atoms with Crippen LogP contribution in [0.2, 0.25) is 0 Å². The van der Waals surface area contributed by atoms with Crippen LogP contribution in [0.25, 0.3) is 6.08 Å². The summed E-state index contributed by atoms with van der Waals surface area (Å²) in [5.74, 6) is -0.0482. The van der Waals surface area contributed by atoms with Crippen molar-refractivity contribution in [2.45, 2.75) is 45.7 Å². The minimum atomic E-state index is -4.29. The highest BCUT2D eigenvalue weighted by Crippen LogP contribution is 2.39. The Morgan fingerprint density at radius 1 is 1.27 bits per heavy atom. The molecule has 0 aliphatic carbocycles. The third kappa shape index (κ3) is 1.82. The van der Waals surface area contributed by atoms with Crippen LogP contribution < -0.4 is 0 Å². The van der Waals surface area contributed by atoms with Gasteiger partial charge >= 0.3 is 0 Å². The summed E-state index contributed by atoms with van der Waals surface area (Å²) in [4.78, 5) is 14.0. The second kappa shape index (κ2) is 4.57. The molecule has 1 amide bonds. The average Bonchev–Trinajstić information content (AvgIpc) is 2.81. The largest absolute Gasteiger partial charge is 0.325 e. The molecule has 1 N–H and O–H groups in total. The maximum atomic E-state index is 12.4. The van der Waals surface area contributed by atoms with Gasteiger partial charge in [0.1, 0.15) is 11.6 Å². The van der Waals surface area contributed by atoms with Crippen LogP contribution in [0.4, 0.5) is 0 Å². The zero-order valence-electron chi connectivity index (χ0n) is 13.0. The lowest BCUT2D eigenvalue weighted by atomic mass is 10.1. The van der Waals surface area contributed by atoms with E-state index in [1.807, 2.05) is 19.9 Å². The van der Waals surface area contributed by atoms with E-state index in [-0.39, 0.29) is 17.5 Å². The fourth-order valence-electron chi connectivity index (χ4n) is 3.46. The summed E-state index contributed by atoms with van der Waals surface area (Å²) in [6, 6.07) is 0. The molecule has 0 radical (unpaired) electrons. The number of rotatable bonds is 2. The summed E-state index contributed by atoms with van der Waals surface area (Å²) in [6.07, 6.45) is 2.58. The molecule has 0 bridgehead atoms. The van der Waals surface area contributed by atoms with E-state index in [1.54, 1.807) is 23.3 Å². The Bertz CT molecular complexity index is 872. The Labute approximate surface area is 129 Å². The molecule has 2 aliphatic heterocycles. The molecule has 118 valence electrons. The predicted molar refractivity (Wildman–Crippen MR) is 81.5 cm³/mol. The molecule has 0 atom stereocenters. The number of nitrogens with zero attached hydrogens (tertiary/aromatic N) is 2. The van der Waals surface area contributed by atoms with Gasteiger partial charge in [-0.3, -0.25) is 14.2 Å². The van der Waals surface area contributed by atoms with Gasteiger partial charge in [0.15, 0.2) is 0 Å². The van der Waals surface area contributed by atoms with Crippen molar-refractivity contribution in [1.29, 1.82) is 0 Å². The second-order valence-corrected chi connectivity index (χ2v) is 7.05. The van der Waals surface area contributed by atoms with Gasteiger partial charge in [0.25, 0.3) is 16.0 Å². The Morgan fingerprint density at radius 2 is 1.91 bits per heavy atom. The van der Waals surface area contributed by atoms with Crippen molar-refractivity contribution in [3.05, 3.63) is 33.8 Å². The predicted octanol–water partition coefficient (Wildman–Crippen LogP) is 2.23. The van der Waals surface area contributed by atoms with Crippen LogP contribution in [0.3, 0.4) is 0 Å². The molecule has 0 unspecified atom stereocenters. The molecule has 22 heavy (non-hydrogen) atoms. The SMILES string of the molecule is CCC1=C(C)C(=O)N2Cn3c(C)c(S(=O)(=O)O)c(C)c3C=C12. The lowest BCUT2D eigenvalue weighted by Crippen LogP contribution is -2.31. The number of hydrogen-bond donors (Lipinski definition) is 1. The van der Waals surface area contributed by atoms with E-state index in [9.17, 15) is 17.8 Å². The zero-order chi connectivity index (χ0) is 16.4. The topological polar surface area (TPSA) is 79.6 Å². The van der Waals surface area contributed by atoms with E-state index in [0.717, 1.165) is 29.0 Å². The molecule has 0 aromatic carbocycles. The first-order valence-corrected chi connectivity index (χ1v) is 8.53. The zero-order valence-corrected chi connectivity index (χ0v) is 13.8. The molecule has 0 saturated heterocycles. The molecule has 2 aliphatic rings. The lowest BCUT2D eigenvalue weighted by molar-refractivity contribution is -0.125. The Morgan fingerprint density at radius 3 is 2.45 bits per heavy atom. The first-order valence-electron chi connectivity index (χ1n) is 7.09. The first kappa shape index (κ1) is 15.1. The van der Waals surface area contributed by atoms with Gasteiger partial charge in [0, 0.05) is 17.0 Å². The van der Waals surface area contributed by atoms with Gasteiger partial charge in [-0.1, -0.05) is 6.92 Å². The van der Waals surface area contributed by atoms with Crippen LogP contribution in [0.1, 0.15) is 37.2 Å². The first-order chi connectivity index (χ1) is 10.2. The fraction of sp³-hybridized carbons (Fsp3) is 0.400. The van der Waals surface area contributed by atoms with Crippen molar-refractivity contribution in [2.75, 3.05) is 0 Å². The molecule has 6 nitrogen and oxygen atoms in total. The molecule has 1 aromatic rings. The van der Waals surface area contributed by atoms with E-state index >= 15 is 0 Å². The van der Waals surface area contributed by atoms with Crippen LogP contribution in [-0.2, 0) is 21.6 Å². The van der Waals surface area contributed by atoms with Gasteiger partial charge in [0.2, 0.25) is 0 Å². The minimum Gasteiger partial charge on any atom is -0.325 e. The maximum Gasteiger partial charge on any atom is 0.296 e. The Kier molecular flexibility index (Phi) is 3.12. The second-order valence-electron chi connectivity index (χ2n) is 5.69. The standard InChI is InChI=1S/C15H18N2O4S/c1-5-11-8(2)15(18)17-7-16-10(4)14(22(19,20)21)9(3)12(16)6-13(11)17/h6H,5,7H2,1-4H3,(H,19,20,21). The van der Waals surface area contributed by atoms with Crippen LogP contribution >= 0.6 is 0 Å².